The van der Waals surface area contributed by atoms with E-state index in [4.69, 9.17) is 5.11 Å². The van der Waals surface area contributed by atoms with Gasteiger partial charge in [-0.3, -0.25) is 0 Å². The first kappa shape index (κ1) is 14.3. The van der Waals surface area contributed by atoms with Crippen LogP contribution in [0.1, 0.15) is 32.3 Å². The van der Waals surface area contributed by atoms with Crippen molar-refractivity contribution in [3.8, 4) is 0 Å². The molecule has 17 heavy (non-hydrogen) atoms. The SMILES string of the molecule is CCCNc1ncnc(SCCCO)c1CC. The molecule has 1 aromatic heterocycles. The van der Waals surface area contributed by atoms with Crippen LogP contribution in [0.2, 0.25) is 0 Å². The normalized spacial score (nSPS) is 10.5. The summed E-state index contributed by atoms with van der Waals surface area (Å²) in [6.07, 6.45) is 4.42. The molecule has 0 unspecified atom stereocenters. The lowest BCUT2D eigenvalue weighted by Gasteiger charge is -2.12. The molecule has 0 radical (unpaired) electrons. The lowest BCUT2D eigenvalue weighted by atomic mass is 10.2. The number of hydrogen-bond donors (Lipinski definition) is 2. The standard InChI is InChI=1S/C12H21N3OS/c1-3-6-13-11-10(4-2)12(15-9-14-11)17-8-5-7-16/h9,16H,3-8H2,1-2H3,(H,13,14,15). The molecule has 0 amide bonds. The fourth-order valence-corrected chi connectivity index (χ4v) is 2.47. The molecule has 0 fully saturated rings. The summed E-state index contributed by atoms with van der Waals surface area (Å²) >= 11 is 1.69. The van der Waals surface area contributed by atoms with E-state index in [1.165, 1.54) is 5.56 Å². The zero-order valence-electron chi connectivity index (χ0n) is 10.6. The number of aromatic nitrogens is 2. The summed E-state index contributed by atoms with van der Waals surface area (Å²) in [5.41, 5.74) is 1.18. The molecule has 96 valence electrons. The van der Waals surface area contributed by atoms with E-state index in [9.17, 15) is 0 Å². The third-order valence-electron chi connectivity index (χ3n) is 2.34. The maximum Gasteiger partial charge on any atom is 0.133 e. The van der Waals surface area contributed by atoms with Crippen LogP contribution in [0, 0.1) is 0 Å². The molecule has 4 nitrogen and oxygen atoms in total. The van der Waals surface area contributed by atoms with Gasteiger partial charge in [-0.05, 0) is 19.3 Å². The fraction of sp³-hybridized carbons (Fsp3) is 0.667. The molecule has 0 aliphatic carbocycles. The maximum atomic E-state index is 8.78. The molecule has 5 heteroatoms. The smallest absolute Gasteiger partial charge is 0.133 e. The van der Waals surface area contributed by atoms with Gasteiger partial charge in [0, 0.05) is 24.5 Å². The Morgan fingerprint density at radius 2 is 2.18 bits per heavy atom. The third-order valence-corrected chi connectivity index (χ3v) is 3.46. The van der Waals surface area contributed by atoms with Crippen LogP contribution in [0.5, 0.6) is 0 Å². The summed E-state index contributed by atoms with van der Waals surface area (Å²) in [6.45, 7) is 5.42. The van der Waals surface area contributed by atoms with Crippen molar-refractivity contribution in [3.05, 3.63) is 11.9 Å². The topological polar surface area (TPSA) is 58.0 Å². The van der Waals surface area contributed by atoms with Gasteiger partial charge in [0.1, 0.15) is 17.2 Å². The first-order valence-corrected chi connectivity index (χ1v) is 7.13. The largest absolute Gasteiger partial charge is 0.396 e. The summed E-state index contributed by atoms with van der Waals surface area (Å²) in [6, 6.07) is 0. The molecule has 2 N–H and O–H groups in total. The lowest BCUT2D eigenvalue weighted by molar-refractivity contribution is 0.296. The Morgan fingerprint density at radius 1 is 1.35 bits per heavy atom. The van der Waals surface area contributed by atoms with Crippen molar-refractivity contribution in [2.75, 3.05) is 24.2 Å². The van der Waals surface area contributed by atoms with Gasteiger partial charge in [0.05, 0.1) is 0 Å². The van der Waals surface area contributed by atoms with Crippen molar-refractivity contribution in [2.24, 2.45) is 0 Å². The van der Waals surface area contributed by atoms with Crippen LogP contribution in [0.4, 0.5) is 5.82 Å². The van der Waals surface area contributed by atoms with Crippen LogP contribution < -0.4 is 5.32 Å². The summed E-state index contributed by atoms with van der Waals surface area (Å²) in [7, 11) is 0. The molecule has 0 aliphatic heterocycles. The highest BCUT2D eigenvalue weighted by atomic mass is 32.2. The van der Waals surface area contributed by atoms with Crippen LogP contribution in [0.25, 0.3) is 0 Å². The van der Waals surface area contributed by atoms with Crippen LogP contribution in [-0.2, 0) is 6.42 Å². The first-order valence-electron chi connectivity index (χ1n) is 6.14. The molecule has 0 saturated heterocycles. The Hall–Kier alpha value is -0.810. The zero-order valence-corrected chi connectivity index (χ0v) is 11.4. The van der Waals surface area contributed by atoms with Gasteiger partial charge in [-0.2, -0.15) is 0 Å². The van der Waals surface area contributed by atoms with Crippen LogP contribution in [0.3, 0.4) is 0 Å². The van der Waals surface area contributed by atoms with E-state index in [1.54, 1.807) is 18.1 Å². The number of aliphatic hydroxyl groups is 1. The molecular weight excluding hydrogens is 234 g/mol. The third kappa shape index (κ3) is 4.52. The molecule has 0 aliphatic rings. The van der Waals surface area contributed by atoms with Crippen LogP contribution in [-0.4, -0.2) is 34.0 Å². The van der Waals surface area contributed by atoms with Gasteiger partial charge in [0.15, 0.2) is 0 Å². The second-order valence-corrected chi connectivity index (χ2v) is 4.80. The van der Waals surface area contributed by atoms with E-state index in [1.807, 2.05) is 0 Å². The van der Waals surface area contributed by atoms with Gasteiger partial charge in [-0.15, -0.1) is 11.8 Å². The van der Waals surface area contributed by atoms with E-state index in [-0.39, 0.29) is 6.61 Å². The fourth-order valence-electron chi connectivity index (χ4n) is 1.47. The summed E-state index contributed by atoms with van der Waals surface area (Å²) in [4.78, 5) is 8.61. The van der Waals surface area contributed by atoms with E-state index in [0.717, 1.165) is 42.4 Å². The summed E-state index contributed by atoms with van der Waals surface area (Å²) in [5, 5.41) is 13.2. The molecule has 0 saturated carbocycles. The van der Waals surface area contributed by atoms with Crippen LogP contribution >= 0.6 is 11.8 Å². The highest BCUT2D eigenvalue weighted by Crippen LogP contribution is 2.25. The second-order valence-electron chi connectivity index (χ2n) is 3.71. The Bertz CT molecular complexity index is 334. The predicted octanol–water partition coefficient (Wildman–Crippen LogP) is 2.34. The van der Waals surface area contributed by atoms with Crippen molar-refractivity contribution in [2.45, 2.75) is 38.1 Å². The Labute approximate surface area is 107 Å². The number of nitrogens with zero attached hydrogens (tertiary/aromatic N) is 2. The van der Waals surface area contributed by atoms with Gasteiger partial charge in [-0.25, -0.2) is 9.97 Å². The average Bonchev–Trinajstić information content (AvgIpc) is 2.36. The highest BCUT2D eigenvalue weighted by molar-refractivity contribution is 7.99. The summed E-state index contributed by atoms with van der Waals surface area (Å²) in [5.74, 6) is 1.85. The first-order chi connectivity index (χ1) is 8.33. The van der Waals surface area contributed by atoms with Crippen molar-refractivity contribution in [1.82, 2.24) is 9.97 Å². The minimum absolute atomic E-state index is 0.237. The highest BCUT2D eigenvalue weighted by Gasteiger charge is 2.09. The average molecular weight is 255 g/mol. The van der Waals surface area contributed by atoms with Crippen molar-refractivity contribution >= 4 is 17.6 Å². The minimum Gasteiger partial charge on any atom is -0.396 e. The van der Waals surface area contributed by atoms with E-state index >= 15 is 0 Å². The number of anilines is 1. The van der Waals surface area contributed by atoms with Gasteiger partial charge in [0.2, 0.25) is 0 Å². The number of rotatable bonds is 8. The van der Waals surface area contributed by atoms with E-state index < -0.39 is 0 Å². The molecular formula is C12H21N3OS. The number of nitrogens with one attached hydrogen (secondary N) is 1. The van der Waals surface area contributed by atoms with E-state index in [0.29, 0.717) is 0 Å². The number of aliphatic hydroxyl groups excluding tert-OH is 1. The van der Waals surface area contributed by atoms with Crippen LogP contribution in [0.15, 0.2) is 11.4 Å². The summed E-state index contributed by atoms with van der Waals surface area (Å²) < 4.78 is 0. The molecule has 1 heterocycles. The van der Waals surface area contributed by atoms with Gasteiger partial charge >= 0.3 is 0 Å². The van der Waals surface area contributed by atoms with E-state index in [2.05, 4.69) is 29.1 Å². The molecule has 0 atom stereocenters. The quantitative estimate of drug-likeness (QED) is 0.424. The van der Waals surface area contributed by atoms with Gasteiger partial charge < -0.3 is 10.4 Å². The number of thioether (sulfide) groups is 1. The Kier molecular flexibility index (Phi) is 6.96. The predicted molar refractivity (Wildman–Crippen MR) is 72.6 cm³/mol. The molecule has 1 rings (SSSR count). The van der Waals surface area contributed by atoms with Crippen molar-refractivity contribution in [3.63, 3.8) is 0 Å². The van der Waals surface area contributed by atoms with Gasteiger partial charge in [-0.1, -0.05) is 13.8 Å². The number of hydrogen-bond acceptors (Lipinski definition) is 5. The Balaban J connectivity index is 2.74. The monoisotopic (exact) mass is 255 g/mol. The van der Waals surface area contributed by atoms with Crippen molar-refractivity contribution < 1.29 is 5.11 Å². The molecule has 1 aromatic rings. The minimum atomic E-state index is 0.237. The second kappa shape index (κ2) is 8.31. The Morgan fingerprint density at radius 3 is 2.82 bits per heavy atom. The molecule has 0 aromatic carbocycles. The lowest BCUT2D eigenvalue weighted by Crippen LogP contribution is -2.07. The zero-order chi connectivity index (χ0) is 12.5. The maximum absolute atomic E-state index is 8.78. The molecule has 0 bridgehead atoms. The molecule has 0 spiro atoms. The van der Waals surface area contributed by atoms with Crippen molar-refractivity contribution in [1.29, 1.82) is 0 Å². The van der Waals surface area contributed by atoms with Gasteiger partial charge in [0.25, 0.3) is 0 Å².